The maximum atomic E-state index is 6.21. The number of hydrogen-bond acceptors (Lipinski definition) is 2. The first-order valence-corrected chi connectivity index (χ1v) is 8.20. The van der Waals surface area contributed by atoms with Crippen molar-refractivity contribution in [3.63, 3.8) is 0 Å². The molecule has 0 aliphatic rings. The second-order valence-electron chi connectivity index (χ2n) is 4.95. The van der Waals surface area contributed by atoms with Crippen molar-refractivity contribution in [1.29, 1.82) is 0 Å². The van der Waals surface area contributed by atoms with E-state index >= 15 is 0 Å². The molecule has 2 rings (SSSR count). The molecule has 0 spiro atoms. The summed E-state index contributed by atoms with van der Waals surface area (Å²) in [5, 5.41) is 3.99. The third kappa shape index (κ3) is 4.73. The number of nitrogens with one attached hydrogen (secondary N) is 1. The summed E-state index contributed by atoms with van der Waals surface area (Å²) in [5.74, 6) is 1.51. The molecule has 112 valence electrons. The summed E-state index contributed by atoms with van der Waals surface area (Å²) < 4.78 is 6.90. The van der Waals surface area contributed by atoms with E-state index in [2.05, 4.69) is 46.4 Å². The third-order valence-corrected chi connectivity index (χ3v) is 3.91. The molecule has 0 heterocycles. The molecule has 0 aliphatic carbocycles. The summed E-state index contributed by atoms with van der Waals surface area (Å²) in [6.07, 6.45) is 1.13. The van der Waals surface area contributed by atoms with Crippen LogP contribution in [0.3, 0.4) is 0 Å². The van der Waals surface area contributed by atoms with Crippen molar-refractivity contribution in [2.75, 3.05) is 6.54 Å². The molecule has 1 N–H and O–H groups in total. The van der Waals surface area contributed by atoms with Gasteiger partial charge < -0.3 is 10.1 Å². The topological polar surface area (TPSA) is 21.3 Å². The van der Waals surface area contributed by atoms with Crippen LogP contribution in [0.1, 0.15) is 24.5 Å². The van der Waals surface area contributed by atoms with E-state index in [1.54, 1.807) is 0 Å². The van der Waals surface area contributed by atoms with E-state index in [9.17, 15) is 0 Å². The maximum absolute atomic E-state index is 6.21. The zero-order chi connectivity index (χ0) is 15.2. The molecule has 4 heteroatoms. The summed E-state index contributed by atoms with van der Waals surface area (Å²) >= 11 is 9.60. The quantitative estimate of drug-likeness (QED) is 0.660. The lowest BCUT2D eigenvalue weighted by Crippen LogP contribution is -2.13. The molecule has 2 nitrogen and oxygen atoms in total. The largest absolute Gasteiger partial charge is 0.456 e. The lowest BCUT2D eigenvalue weighted by atomic mass is 10.1. The van der Waals surface area contributed by atoms with Gasteiger partial charge >= 0.3 is 0 Å². The van der Waals surface area contributed by atoms with Crippen molar-refractivity contribution in [2.24, 2.45) is 0 Å². The Hall–Kier alpha value is -1.03. The van der Waals surface area contributed by atoms with Gasteiger partial charge in [0.1, 0.15) is 11.5 Å². The molecule has 0 saturated heterocycles. The van der Waals surface area contributed by atoms with Gasteiger partial charge in [-0.05, 0) is 55.3 Å². The summed E-state index contributed by atoms with van der Waals surface area (Å²) in [7, 11) is 0. The van der Waals surface area contributed by atoms with E-state index in [4.69, 9.17) is 16.3 Å². The van der Waals surface area contributed by atoms with Crippen molar-refractivity contribution < 1.29 is 4.74 Å². The molecular weight excluding hydrogens is 350 g/mol. The van der Waals surface area contributed by atoms with Gasteiger partial charge in [-0.25, -0.2) is 0 Å². The highest BCUT2D eigenvalue weighted by Crippen LogP contribution is 2.33. The number of benzene rings is 2. The second kappa shape index (κ2) is 7.83. The molecular formula is C17H19BrClNO. The predicted octanol–water partition coefficient (Wildman–Crippen LogP) is 5.70. The number of hydrogen-bond donors (Lipinski definition) is 1. The Morgan fingerprint density at radius 3 is 2.67 bits per heavy atom. The lowest BCUT2D eigenvalue weighted by Gasteiger charge is -2.12. The summed E-state index contributed by atoms with van der Waals surface area (Å²) in [5.41, 5.74) is 2.30. The summed E-state index contributed by atoms with van der Waals surface area (Å²) in [6, 6.07) is 11.9. The molecule has 0 atom stereocenters. The Kier molecular flexibility index (Phi) is 6.09. The molecule has 21 heavy (non-hydrogen) atoms. The van der Waals surface area contributed by atoms with Gasteiger partial charge in [-0.3, -0.25) is 0 Å². The summed E-state index contributed by atoms with van der Waals surface area (Å²) in [6.45, 7) is 6.05. The Bertz CT molecular complexity index is 616. The van der Waals surface area contributed by atoms with Crippen LogP contribution in [0.5, 0.6) is 11.5 Å². The first-order chi connectivity index (χ1) is 10.1. The minimum Gasteiger partial charge on any atom is -0.456 e. The standard InChI is InChI=1S/C17H19BrClNO/c1-3-8-20-11-13-5-4-12(2)17(9-13)21-16-7-6-14(18)10-15(16)19/h4-7,9-10,20H,3,8,11H2,1-2H3. The molecule has 2 aromatic carbocycles. The van der Waals surface area contributed by atoms with Crippen LogP contribution >= 0.6 is 27.5 Å². The van der Waals surface area contributed by atoms with Crippen LogP contribution in [0, 0.1) is 6.92 Å². The molecule has 0 aromatic heterocycles. The van der Waals surface area contributed by atoms with Crippen LogP contribution in [0.4, 0.5) is 0 Å². The van der Waals surface area contributed by atoms with Crippen molar-refractivity contribution in [3.05, 3.63) is 57.0 Å². The Labute approximate surface area is 139 Å². The molecule has 0 fully saturated rings. The van der Waals surface area contributed by atoms with Gasteiger partial charge in [-0.15, -0.1) is 0 Å². The molecule has 0 amide bonds. The van der Waals surface area contributed by atoms with E-state index < -0.39 is 0 Å². The first-order valence-electron chi connectivity index (χ1n) is 7.03. The van der Waals surface area contributed by atoms with Crippen LogP contribution in [0.15, 0.2) is 40.9 Å². The van der Waals surface area contributed by atoms with Gasteiger partial charge in [0.25, 0.3) is 0 Å². The minimum absolute atomic E-state index is 0.596. The number of aryl methyl sites for hydroxylation is 1. The van der Waals surface area contributed by atoms with E-state index in [1.165, 1.54) is 5.56 Å². The molecule has 0 bridgehead atoms. The minimum atomic E-state index is 0.596. The molecule has 0 saturated carbocycles. The SMILES string of the molecule is CCCNCc1ccc(C)c(Oc2ccc(Br)cc2Cl)c1. The zero-order valence-electron chi connectivity index (χ0n) is 12.2. The fraction of sp³-hybridized carbons (Fsp3) is 0.294. The lowest BCUT2D eigenvalue weighted by molar-refractivity contribution is 0.478. The van der Waals surface area contributed by atoms with Gasteiger partial charge in [0.2, 0.25) is 0 Å². The molecule has 0 aliphatic heterocycles. The second-order valence-corrected chi connectivity index (χ2v) is 6.28. The van der Waals surface area contributed by atoms with E-state index in [-0.39, 0.29) is 0 Å². The molecule has 2 aromatic rings. The average Bonchev–Trinajstić information content (AvgIpc) is 2.45. The third-order valence-electron chi connectivity index (χ3n) is 3.12. The van der Waals surface area contributed by atoms with E-state index in [0.717, 1.165) is 35.3 Å². The van der Waals surface area contributed by atoms with Crippen molar-refractivity contribution in [2.45, 2.75) is 26.8 Å². The van der Waals surface area contributed by atoms with E-state index in [1.807, 2.05) is 25.1 Å². The first kappa shape index (κ1) is 16.3. The van der Waals surface area contributed by atoms with Gasteiger partial charge in [-0.2, -0.15) is 0 Å². The highest BCUT2D eigenvalue weighted by molar-refractivity contribution is 9.10. The number of rotatable bonds is 6. The van der Waals surface area contributed by atoms with Crippen LogP contribution in [0.25, 0.3) is 0 Å². The number of ether oxygens (including phenoxy) is 1. The predicted molar refractivity (Wildman–Crippen MR) is 92.4 cm³/mol. The van der Waals surface area contributed by atoms with Gasteiger partial charge in [0.15, 0.2) is 0 Å². The highest BCUT2D eigenvalue weighted by Gasteiger charge is 2.07. The van der Waals surface area contributed by atoms with Crippen LogP contribution in [0.2, 0.25) is 5.02 Å². The Morgan fingerprint density at radius 2 is 1.95 bits per heavy atom. The average molecular weight is 369 g/mol. The smallest absolute Gasteiger partial charge is 0.146 e. The number of halogens is 2. The fourth-order valence-electron chi connectivity index (χ4n) is 1.95. The zero-order valence-corrected chi connectivity index (χ0v) is 14.6. The normalized spacial score (nSPS) is 10.7. The van der Waals surface area contributed by atoms with Crippen molar-refractivity contribution >= 4 is 27.5 Å². The van der Waals surface area contributed by atoms with Gasteiger partial charge in [-0.1, -0.05) is 46.6 Å². The fourth-order valence-corrected chi connectivity index (χ4v) is 2.66. The summed E-state index contributed by atoms with van der Waals surface area (Å²) in [4.78, 5) is 0. The van der Waals surface area contributed by atoms with Crippen LogP contribution in [-0.2, 0) is 6.54 Å². The van der Waals surface area contributed by atoms with Crippen LogP contribution < -0.4 is 10.1 Å². The Morgan fingerprint density at radius 1 is 1.14 bits per heavy atom. The van der Waals surface area contributed by atoms with Crippen LogP contribution in [-0.4, -0.2) is 6.54 Å². The molecule has 0 unspecified atom stereocenters. The van der Waals surface area contributed by atoms with E-state index in [0.29, 0.717) is 10.8 Å². The maximum Gasteiger partial charge on any atom is 0.146 e. The monoisotopic (exact) mass is 367 g/mol. The highest BCUT2D eigenvalue weighted by atomic mass is 79.9. The van der Waals surface area contributed by atoms with Crippen molar-refractivity contribution in [3.8, 4) is 11.5 Å². The van der Waals surface area contributed by atoms with Crippen molar-refractivity contribution in [1.82, 2.24) is 5.32 Å². The van der Waals surface area contributed by atoms with Gasteiger partial charge in [0.05, 0.1) is 5.02 Å². The molecule has 0 radical (unpaired) electrons. The Balaban J connectivity index is 2.16. The van der Waals surface area contributed by atoms with Gasteiger partial charge in [0, 0.05) is 11.0 Å².